The Morgan fingerprint density at radius 1 is 0.203 bits per heavy atom. The smallest absolute Gasteiger partial charge is 0.217 e. The van der Waals surface area contributed by atoms with E-state index in [1.165, 1.54) is 0 Å². The highest BCUT2D eigenvalue weighted by Crippen LogP contribution is 2.42. The van der Waals surface area contributed by atoms with Gasteiger partial charge in [0.05, 0.1) is 72.7 Å². The van der Waals surface area contributed by atoms with Crippen LogP contribution in [0.2, 0.25) is 0 Å². The minimum absolute atomic E-state index is 0.822. The average molecular weight is 1880 g/mol. The molecule has 744 valence electrons. The van der Waals surface area contributed by atoms with Crippen LogP contribution in [0, 0.1) is 0 Å². The Bertz CT molecular complexity index is 3380. The van der Waals surface area contributed by atoms with Gasteiger partial charge in [0.15, 0.2) is 69.2 Å². The zero-order valence-corrected chi connectivity index (χ0v) is 67.7. The Hall–Kier alpha value is -3.22. The van der Waals surface area contributed by atoms with Gasteiger partial charge in [0.25, 0.3) is 0 Å². The highest BCUT2D eigenvalue weighted by molar-refractivity contribution is 5.73. The van der Waals surface area contributed by atoms with E-state index in [9.17, 15) is 178 Å². The Labute approximate surface area is 722 Å². The SMILES string of the molecule is CC(=O)NC1C(O)OC(CO)C(OC2OC(CO)C(OC3OC(COC4OC(COC5OC(CO)C(O)C(O)C5OC5OC(CO)C(O)C(O)C5O)C(O)C(OC5OC(CO)C(O)C(O)C5O)C4O)C(O)C(OC4OC(CO)C(O)C(O)C4OC4OC(CO)C(O)C(O)C4OC4OC(CO)C(O)C(OC5OC(CO)C(O)C(O)C5O)C4O)C3O)C(O)C2NC(C)=O)C1O. The molecule has 11 rings (SSSR count). The number of carbonyl (C=O) groups is 2. The summed E-state index contributed by atoms with van der Waals surface area (Å²) in [6.45, 7) is -10.7. The van der Waals surface area contributed by atoms with Crippen LogP contribution < -0.4 is 10.6 Å². The average Bonchev–Trinajstić information content (AvgIpc) is 0.765. The molecule has 11 heterocycles. The Kier molecular flexibility index (Phi) is 37.7. The molecule has 0 aromatic carbocycles. The largest absolute Gasteiger partial charge is 0.394 e. The number of nitrogens with one attached hydrogen (secondary N) is 2. The first-order valence-corrected chi connectivity index (χ1v) is 40.7. The van der Waals surface area contributed by atoms with Crippen LogP contribution in [0.4, 0.5) is 0 Å². The minimum atomic E-state index is -2.69. The minimum Gasteiger partial charge on any atom is -0.394 e. The van der Waals surface area contributed by atoms with E-state index in [0.29, 0.717) is 0 Å². The lowest BCUT2D eigenvalue weighted by atomic mass is 9.94. The third kappa shape index (κ3) is 22.5. The van der Waals surface area contributed by atoms with Gasteiger partial charge >= 0.3 is 0 Å². The number of ether oxygens (including phenoxy) is 21. The quantitative estimate of drug-likeness (QED) is 0.0290. The van der Waals surface area contributed by atoms with Gasteiger partial charge in [-0.15, -0.1) is 0 Å². The van der Waals surface area contributed by atoms with Crippen molar-refractivity contribution in [2.75, 3.05) is 72.7 Å². The Balaban J connectivity index is 0.934. The Morgan fingerprint density at radius 3 is 0.797 bits per heavy atom. The van der Waals surface area contributed by atoms with Crippen LogP contribution in [0.1, 0.15) is 13.8 Å². The van der Waals surface area contributed by atoms with Crippen molar-refractivity contribution < 1.29 is 278 Å². The maximum Gasteiger partial charge on any atom is 0.217 e. The van der Waals surface area contributed by atoms with Crippen molar-refractivity contribution in [3.05, 3.63) is 0 Å². The van der Waals surface area contributed by atoms with E-state index < -0.39 is 422 Å². The van der Waals surface area contributed by atoms with Crippen LogP contribution in [0.3, 0.4) is 0 Å². The molecule has 0 aromatic heterocycles. The lowest BCUT2D eigenvalue weighted by Crippen LogP contribution is -2.70. The van der Waals surface area contributed by atoms with E-state index in [0.717, 1.165) is 13.8 Å². The predicted octanol–water partition coefficient (Wildman–Crippen LogP) is -24.7. The fraction of sp³-hybridized carbons (Fsp3) is 0.971. The third-order valence-corrected chi connectivity index (χ3v) is 23.8. The van der Waals surface area contributed by atoms with Gasteiger partial charge in [-0.25, -0.2) is 0 Å². The van der Waals surface area contributed by atoms with E-state index in [4.69, 9.17) is 99.5 Å². The van der Waals surface area contributed by atoms with Gasteiger partial charge in [-0.2, -0.15) is 0 Å². The number of aliphatic hydroxyl groups excluding tert-OH is 33. The topological polar surface area (TPSA) is 920 Å². The molecule has 0 saturated carbocycles. The maximum absolute atomic E-state index is 13.1. The van der Waals surface area contributed by atoms with E-state index in [2.05, 4.69) is 10.6 Å². The van der Waals surface area contributed by atoms with Crippen molar-refractivity contribution in [1.29, 1.82) is 0 Å². The summed E-state index contributed by atoms with van der Waals surface area (Å²) in [6.07, 6.45) is -116. The number of amides is 2. The molecule has 11 fully saturated rings. The number of hydrogen-bond acceptors (Lipinski definition) is 56. The fourth-order valence-corrected chi connectivity index (χ4v) is 16.5. The van der Waals surface area contributed by atoms with E-state index >= 15 is 0 Å². The van der Waals surface area contributed by atoms with Crippen LogP contribution in [-0.4, -0.2) is 591 Å². The maximum atomic E-state index is 13.1. The van der Waals surface area contributed by atoms with E-state index in [1.54, 1.807) is 0 Å². The molecule has 55 unspecified atom stereocenters. The monoisotopic (exact) mass is 1880 g/mol. The molecule has 128 heavy (non-hydrogen) atoms. The third-order valence-electron chi connectivity index (χ3n) is 23.8. The van der Waals surface area contributed by atoms with Crippen molar-refractivity contribution in [3.8, 4) is 0 Å². The van der Waals surface area contributed by atoms with Crippen molar-refractivity contribution in [1.82, 2.24) is 10.6 Å². The second-order valence-electron chi connectivity index (χ2n) is 32.3. The zero-order chi connectivity index (χ0) is 94.0. The summed E-state index contributed by atoms with van der Waals surface area (Å²) in [6, 6.07) is -3.70. The van der Waals surface area contributed by atoms with Gasteiger partial charge < -0.3 is 279 Å². The molecule has 0 aliphatic carbocycles. The molecule has 0 spiro atoms. The molecular formula is C70H118N2O56. The first-order valence-electron chi connectivity index (χ1n) is 40.7. The van der Waals surface area contributed by atoms with Gasteiger partial charge in [-0.1, -0.05) is 0 Å². The first kappa shape index (κ1) is 105. The summed E-state index contributed by atoms with van der Waals surface area (Å²) < 4.78 is 123. The summed E-state index contributed by atoms with van der Waals surface area (Å²) in [5.74, 6) is -1.82. The van der Waals surface area contributed by atoms with Gasteiger partial charge in [0.2, 0.25) is 11.8 Å². The van der Waals surface area contributed by atoms with Crippen LogP contribution in [0.5, 0.6) is 0 Å². The van der Waals surface area contributed by atoms with Crippen LogP contribution >= 0.6 is 0 Å². The number of carbonyl (C=O) groups excluding carboxylic acids is 2. The van der Waals surface area contributed by atoms with Gasteiger partial charge in [0, 0.05) is 13.8 Å². The predicted molar refractivity (Wildman–Crippen MR) is 386 cm³/mol. The lowest BCUT2D eigenvalue weighted by molar-refractivity contribution is -0.411. The number of aliphatic hydroxyl groups is 33. The molecule has 0 bridgehead atoms. The molecule has 58 nitrogen and oxygen atoms in total. The molecule has 11 aliphatic rings. The van der Waals surface area contributed by atoms with Gasteiger partial charge in [0.1, 0.15) is 268 Å². The highest BCUT2D eigenvalue weighted by Gasteiger charge is 2.62. The normalized spacial score (nSPS) is 51.7. The van der Waals surface area contributed by atoms with E-state index in [1.807, 2.05) is 0 Å². The number of rotatable bonds is 33. The molecule has 11 saturated heterocycles. The fourth-order valence-electron chi connectivity index (χ4n) is 16.5. The standard InChI is InChI=1S/C70H118N2O56/c1-14(82)71-27-38(93)52(23(10-80)110-60(27)107)121-61-28(72-15(2)83)39(94)53(24(11-81)118-61)122-67-51(106)56(125-69-59(45(100)34(89)20(7-77)116-69)128-70-58(44(99)33(88)21(8-78)117-70)127-66-50(105)54(35(90)22(9-79)114-66)123-63-46(101)40(95)29(84)16(3-73)111-63)37(92)26(120-67)12-108-62-49(104)55(124-64-47(102)41(96)30(85)17(4-74)112-64)36(91)25(119-62)13-109-68-57(43(98)32(87)19(6-76)115-68)126-65-48(103)42(97)31(86)18(5-75)113-65/h16-70,73-81,84-107H,3-13H2,1-2H3,(H,71,82)(H,72,83). The van der Waals surface area contributed by atoms with Crippen LogP contribution in [-0.2, 0) is 109 Å². The zero-order valence-electron chi connectivity index (χ0n) is 67.7. The van der Waals surface area contributed by atoms with Crippen molar-refractivity contribution >= 4 is 11.8 Å². The summed E-state index contributed by atoms with van der Waals surface area (Å²) in [7, 11) is 0. The molecule has 35 N–H and O–H groups in total. The van der Waals surface area contributed by atoms with Gasteiger partial charge in [-0.05, 0) is 0 Å². The Morgan fingerprint density at radius 2 is 0.430 bits per heavy atom. The molecule has 58 heteroatoms. The summed E-state index contributed by atoms with van der Waals surface area (Å²) in [5, 5.41) is 372. The van der Waals surface area contributed by atoms with Crippen LogP contribution in [0.15, 0.2) is 0 Å². The highest BCUT2D eigenvalue weighted by atomic mass is 16.8. The molecular weight excluding hydrogens is 1760 g/mol. The second-order valence-corrected chi connectivity index (χ2v) is 32.3. The molecule has 0 radical (unpaired) electrons. The van der Waals surface area contributed by atoms with Crippen molar-refractivity contribution in [2.45, 2.75) is 351 Å². The van der Waals surface area contributed by atoms with Crippen molar-refractivity contribution in [3.63, 3.8) is 0 Å². The number of hydrogen-bond donors (Lipinski definition) is 35. The molecule has 0 aromatic rings. The molecule has 55 atom stereocenters. The van der Waals surface area contributed by atoms with Crippen molar-refractivity contribution in [2.24, 2.45) is 0 Å². The summed E-state index contributed by atoms with van der Waals surface area (Å²) in [4.78, 5) is 25.3. The van der Waals surface area contributed by atoms with E-state index in [-0.39, 0.29) is 0 Å². The molecule has 11 aliphatic heterocycles. The lowest BCUT2D eigenvalue weighted by Gasteiger charge is -2.51. The first-order chi connectivity index (χ1) is 60.7. The second kappa shape index (κ2) is 45.8. The van der Waals surface area contributed by atoms with Gasteiger partial charge in [-0.3, -0.25) is 9.59 Å². The molecule has 2 amide bonds. The summed E-state index contributed by atoms with van der Waals surface area (Å²) >= 11 is 0. The summed E-state index contributed by atoms with van der Waals surface area (Å²) in [5.41, 5.74) is 0. The van der Waals surface area contributed by atoms with Crippen LogP contribution in [0.25, 0.3) is 0 Å².